The molecule has 1 heterocycles. The normalized spacial score (nSPS) is 16.9. The summed E-state index contributed by atoms with van der Waals surface area (Å²) in [5.41, 5.74) is 4.63. The molecule has 0 saturated heterocycles. The van der Waals surface area contributed by atoms with E-state index in [9.17, 15) is 4.79 Å². The number of anilines is 2. The van der Waals surface area contributed by atoms with Crippen molar-refractivity contribution in [3.63, 3.8) is 0 Å². The molecule has 0 saturated carbocycles. The molecule has 2 aromatic rings. The Kier molecular flexibility index (Phi) is 4.65. The monoisotopic (exact) mass is 308 g/mol. The highest BCUT2D eigenvalue weighted by Crippen LogP contribution is 2.33. The Morgan fingerprint density at radius 2 is 1.91 bits per heavy atom. The standard InChI is InChI=1S/C20H24N2O/c1-3-17-20(23)22(13-7-10-16-8-5-4-6-9-16)19-12-11-15(2)14-18(19)21-17/h4-6,8-9,11-12,14,17,21H,3,7,10,13H2,1-2H3. The van der Waals surface area contributed by atoms with Gasteiger partial charge in [0.15, 0.2) is 0 Å². The number of benzene rings is 2. The molecule has 1 amide bonds. The lowest BCUT2D eigenvalue weighted by Gasteiger charge is -2.35. The van der Waals surface area contributed by atoms with Gasteiger partial charge in [-0.3, -0.25) is 4.79 Å². The fourth-order valence-electron chi connectivity index (χ4n) is 3.15. The minimum Gasteiger partial charge on any atom is -0.372 e. The van der Waals surface area contributed by atoms with Crippen molar-refractivity contribution in [3.8, 4) is 0 Å². The molecule has 1 aliphatic heterocycles. The molecule has 3 nitrogen and oxygen atoms in total. The van der Waals surface area contributed by atoms with Crippen LogP contribution in [0, 0.1) is 6.92 Å². The molecule has 1 N–H and O–H groups in total. The average Bonchev–Trinajstić information content (AvgIpc) is 2.57. The molecule has 3 heteroatoms. The highest BCUT2D eigenvalue weighted by molar-refractivity contribution is 6.04. The predicted octanol–water partition coefficient (Wildman–Crippen LogP) is 4.16. The molecule has 0 fully saturated rings. The zero-order valence-electron chi connectivity index (χ0n) is 13.9. The Morgan fingerprint density at radius 1 is 1.13 bits per heavy atom. The number of nitrogens with zero attached hydrogens (tertiary/aromatic N) is 1. The number of amides is 1. The van der Waals surface area contributed by atoms with Crippen molar-refractivity contribution in [1.29, 1.82) is 0 Å². The average molecular weight is 308 g/mol. The first-order valence-corrected chi connectivity index (χ1v) is 8.41. The molecule has 0 aromatic heterocycles. The number of carbonyl (C=O) groups is 1. The van der Waals surface area contributed by atoms with E-state index in [1.54, 1.807) is 0 Å². The number of carbonyl (C=O) groups excluding carboxylic acids is 1. The van der Waals surface area contributed by atoms with E-state index in [2.05, 4.69) is 61.6 Å². The molecule has 0 spiro atoms. The van der Waals surface area contributed by atoms with Gasteiger partial charge in [-0.15, -0.1) is 0 Å². The van der Waals surface area contributed by atoms with Crippen molar-refractivity contribution in [3.05, 3.63) is 59.7 Å². The third-order valence-electron chi connectivity index (χ3n) is 4.43. The van der Waals surface area contributed by atoms with E-state index < -0.39 is 0 Å². The predicted molar refractivity (Wildman–Crippen MR) is 96.0 cm³/mol. The van der Waals surface area contributed by atoms with Gasteiger partial charge in [-0.25, -0.2) is 0 Å². The summed E-state index contributed by atoms with van der Waals surface area (Å²) in [5, 5.41) is 3.38. The third kappa shape index (κ3) is 3.39. The van der Waals surface area contributed by atoms with Crippen LogP contribution >= 0.6 is 0 Å². The van der Waals surface area contributed by atoms with E-state index in [0.29, 0.717) is 0 Å². The molecular weight excluding hydrogens is 284 g/mol. The Balaban J connectivity index is 1.75. The minimum absolute atomic E-state index is 0.110. The van der Waals surface area contributed by atoms with Crippen LogP contribution in [0.25, 0.3) is 0 Å². The van der Waals surface area contributed by atoms with Gasteiger partial charge in [0.2, 0.25) is 5.91 Å². The Morgan fingerprint density at radius 3 is 2.65 bits per heavy atom. The van der Waals surface area contributed by atoms with Gasteiger partial charge >= 0.3 is 0 Å². The number of nitrogens with one attached hydrogen (secondary N) is 1. The first kappa shape index (κ1) is 15.6. The van der Waals surface area contributed by atoms with Gasteiger partial charge in [-0.05, 0) is 49.4 Å². The molecule has 23 heavy (non-hydrogen) atoms. The van der Waals surface area contributed by atoms with Gasteiger partial charge in [-0.2, -0.15) is 0 Å². The molecule has 0 aliphatic carbocycles. The van der Waals surface area contributed by atoms with E-state index >= 15 is 0 Å². The zero-order chi connectivity index (χ0) is 16.2. The van der Waals surface area contributed by atoms with Crippen molar-refractivity contribution in [2.24, 2.45) is 0 Å². The van der Waals surface area contributed by atoms with Gasteiger partial charge < -0.3 is 10.2 Å². The van der Waals surface area contributed by atoms with Crippen molar-refractivity contribution in [2.45, 2.75) is 39.2 Å². The number of aryl methyl sites for hydroxylation is 2. The molecule has 0 radical (unpaired) electrons. The second kappa shape index (κ2) is 6.86. The van der Waals surface area contributed by atoms with E-state index in [4.69, 9.17) is 0 Å². The van der Waals surface area contributed by atoms with Crippen LogP contribution < -0.4 is 10.2 Å². The van der Waals surface area contributed by atoms with Crippen molar-refractivity contribution >= 4 is 17.3 Å². The Bertz CT molecular complexity index is 681. The molecule has 1 aliphatic rings. The van der Waals surface area contributed by atoms with E-state index in [1.807, 2.05) is 11.0 Å². The quantitative estimate of drug-likeness (QED) is 0.899. The molecule has 3 rings (SSSR count). The van der Waals surface area contributed by atoms with E-state index in [0.717, 1.165) is 37.2 Å². The highest BCUT2D eigenvalue weighted by atomic mass is 16.2. The van der Waals surface area contributed by atoms with Crippen molar-refractivity contribution in [1.82, 2.24) is 0 Å². The van der Waals surface area contributed by atoms with Crippen molar-refractivity contribution < 1.29 is 4.79 Å². The summed E-state index contributed by atoms with van der Waals surface area (Å²) in [5.74, 6) is 0.192. The summed E-state index contributed by atoms with van der Waals surface area (Å²) in [6.07, 6.45) is 2.77. The molecule has 1 atom stereocenters. The van der Waals surface area contributed by atoms with Crippen LogP contribution in [0.3, 0.4) is 0 Å². The number of fused-ring (bicyclic) bond motifs is 1. The smallest absolute Gasteiger partial charge is 0.249 e. The lowest BCUT2D eigenvalue weighted by atomic mass is 10.0. The van der Waals surface area contributed by atoms with Crippen LogP contribution in [0.4, 0.5) is 11.4 Å². The molecule has 1 unspecified atom stereocenters. The van der Waals surface area contributed by atoms with Gasteiger partial charge in [0.05, 0.1) is 11.4 Å². The number of hydrogen-bond acceptors (Lipinski definition) is 2. The summed E-state index contributed by atoms with van der Waals surface area (Å²) in [6, 6.07) is 16.6. The lowest BCUT2D eigenvalue weighted by Crippen LogP contribution is -2.47. The fraction of sp³-hybridized carbons (Fsp3) is 0.350. The van der Waals surface area contributed by atoms with E-state index in [1.165, 1.54) is 11.1 Å². The Labute approximate surface area is 138 Å². The summed E-state index contributed by atoms with van der Waals surface area (Å²) < 4.78 is 0. The second-order valence-corrected chi connectivity index (χ2v) is 6.20. The maximum atomic E-state index is 12.7. The van der Waals surface area contributed by atoms with Gasteiger partial charge in [0.1, 0.15) is 6.04 Å². The highest BCUT2D eigenvalue weighted by Gasteiger charge is 2.30. The number of rotatable bonds is 5. The van der Waals surface area contributed by atoms with Gasteiger partial charge in [0.25, 0.3) is 0 Å². The first-order valence-electron chi connectivity index (χ1n) is 8.41. The topological polar surface area (TPSA) is 32.3 Å². The summed E-state index contributed by atoms with van der Waals surface area (Å²) in [7, 11) is 0. The molecule has 120 valence electrons. The maximum absolute atomic E-state index is 12.7. The fourth-order valence-corrected chi connectivity index (χ4v) is 3.15. The minimum atomic E-state index is -0.110. The van der Waals surface area contributed by atoms with Gasteiger partial charge in [0, 0.05) is 6.54 Å². The van der Waals surface area contributed by atoms with E-state index in [-0.39, 0.29) is 11.9 Å². The maximum Gasteiger partial charge on any atom is 0.249 e. The van der Waals surface area contributed by atoms with Crippen LogP contribution in [0.5, 0.6) is 0 Å². The second-order valence-electron chi connectivity index (χ2n) is 6.20. The summed E-state index contributed by atoms with van der Waals surface area (Å²) >= 11 is 0. The summed E-state index contributed by atoms with van der Waals surface area (Å²) in [4.78, 5) is 14.7. The molecule has 0 bridgehead atoms. The molecular formula is C20H24N2O. The molecule has 2 aromatic carbocycles. The van der Waals surface area contributed by atoms with Gasteiger partial charge in [-0.1, -0.05) is 43.3 Å². The first-order chi connectivity index (χ1) is 11.2. The Hall–Kier alpha value is -2.29. The largest absolute Gasteiger partial charge is 0.372 e. The lowest BCUT2D eigenvalue weighted by molar-refractivity contribution is -0.119. The van der Waals surface area contributed by atoms with Crippen LogP contribution in [0.1, 0.15) is 30.9 Å². The van der Waals surface area contributed by atoms with Crippen LogP contribution in [-0.2, 0) is 11.2 Å². The van der Waals surface area contributed by atoms with Crippen LogP contribution in [0.2, 0.25) is 0 Å². The summed E-state index contributed by atoms with van der Waals surface area (Å²) in [6.45, 7) is 4.90. The van der Waals surface area contributed by atoms with Crippen molar-refractivity contribution in [2.75, 3.05) is 16.8 Å². The SMILES string of the molecule is CCC1Nc2cc(C)ccc2N(CCCc2ccccc2)C1=O. The third-order valence-corrected chi connectivity index (χ3v) is 4.43. The zero-order valence-corrected chi connectivity index (χ0v) is 13.9. The van der Waals surface area contributed by atoms with Crippen LogP contribution in [0.15, 0.2) is 48.5 Å². The van der Waals surface area contributed by atoms with Crippen LogP contribution in [-0.4, -0.2) is 18.5 Å². The number of hydrogen-bond donors (Lipinski definition) is 1.